The Kier molecular flexibility index (Phi) is 5.78. The summed E-state index contributed by atoms with van der Waals surface area (Å²) in [5.41, 5.74) is 1.22. The van der Waals surface area contributed by atoms with Crippen molar-refractivity contribution in [2.24, 2.45) is 0 Å². The number of alkyl halides is 1. The zero-order valence-electron chi connectivity index (χ0n) is 10.9. The smallest absolute Gasteiger partial charge is 0.161 e. The molecule has 0 aliphatic rings. The Hall–Kier alpha value is -0.740. The Bertz CT molecular complexity index is 357. The van der Waals surface area contributed by atoms with Gasteiger partial charge in [0.25, 0.3) is 0 Å². The van der Waals surface area contributed by atoms with E-state index in [-0.39, 0.29) is 0 Å². The highest BCUT2D eigenvalue weighted by Gasteiger charge is 2.10. The van der Waals surface area contributed by atoms with Crippen LogP contribution in [0.25, 0.3) is 0 Å². The summed E-state index contributed by atoms with van der Waals surface area (Å²) >= 11 is 3.49. The molecule has 0 N–H and O–H groups in total. The van der Waals surface area contributed by atoms with Crippen LogP contribution in [0.1, 0.15) is 12.5 Å². The standard InChI is InChI=1S/C13H20BrNO2/c1-10(8-14)15(2)9-11-5-6-12(16-3)13(7-11)17-4/h5-7,10H,8-9H2,1-4H3. The second kappa shape index (κ2) is 6.87. The van der Waals surface area contributed by atoms with Crippen molar-refractivity contribution in [1.82, 2.24) is 4.90 Å². The monoisotopic (exact) mass is 301 g/mol. The van der Waals surface area contributed by atoms with E-state index in [0.29, 0.717) is 6.04 Å². The molecule has 0 aliphatic carbocycles. The molecule has 17 heavy (non-hydrogen) atoms. The predicted molar refractivity (Wildman–Crippen MR) is 74.3 cm³/mol. The van der Waals surface area contributed by atoms with E-state index in [0.717, 1.165) is 23.4 Å². The molecular weight excluding hydrogens is 282 g/mol. The average Bonchev–Trinajstić information content (AvgIpc) is 2.37. The quantitative estimate of drug-likeness (QED) is 0.754. The maximum absolute atomic E-state index is 5.29. The molecule has 1 aromatic carbocycles. The molecule has 0 spiro atoms. The number of hydrogen-bond donors (Lipinski definition) is 0. The van der Waals surface area contributed by atoms with Crippen LogP contribution in [0.4, 0.5) is 0 Å². The third-order valence-electron chi connectivity index (χ3n) is 2.86. The Labute approximate surface area is 112 Å². The Morgan fingerprint density at radius 1 is 1.24 bits per heavy atom. The summed E-state index contributed by atoms with van der Waals surface area (Å²) in [4.78, 5) is 2.29. The van der Waals surface area contributed by atoms with Gasteiger partial charge in [0, 0.05) is 17.9 Å². The average molecular weight is 302 g/mol. The van der Waals surface area contributed by atoms with Crippen LogP contribution in [0.15, 0.2) is 18.2 Å². The summed E-state index contributed by atoms with van der Waals surface area (Å²) in [5.74, 6) is 1.55. The van der Waals surface area contributed by atoms with Gasteiger partial charge >= 0.3 is 0 Å². The molecule has 96 valence electrons. The van der Waals surface area contributed by atoms with Gasteiger partial charge in [0.15, 0.2) is 11.5 Å². The number of hydrogen-bond acceptors (Lipinski definition) is 3. The molecule has 1 rings (SSSR count). The highest BCUT2D eigenvalue weighted by molar-refractivity contribution is 9.09. The molecule has 0 aromatic heterocycles. The van der Waals surface area contributed by atoms with Gasteiger partial charge in [0.1, 0.15) is 0 Å². The van der Waals surface area contributed by atoms with Crippen molar-refractivity contribution in [2.75, 3.05) is 26.6 Å². The van der Waals surface area contributed by atoms with Crippen molar-refractivity contribution in [3.8, 4) is 11.5 Å². The first-order valence-electron chi connectivity index (χ1n) is 5.59. The summed E-state index contributed by atoms with van der Waals surface area (Å²) in [7, 11) is 5.42. The van der Waals surface area contributed by atoms with Gasteiger partial charge in [-0.1, -0.05) is 22.0 Å². The van der Waals surface area contributed by atoms with Gasteiger partial charge in [-0.05, 0) is 31.7 Å². The topological polar surface area (TPSA) is 21.7 Å². The van der Waals surface area contributed by atoms with Crippen LogP contribution < -0.4 is 9.47 Å². The molecular formula is C13H20BrNO2. The first-order valence-corrected chi connectivity index (χ1v) is 6.71. The minimum Gasteiger partial charge on any atom is -0.493 e. The van der Waals surface area contributed by atoms with Crippen LogP contribution >= 0.6 is 15.9 Å². The molecule has 0 aliphatic heterocycles. The van der Waals surface area contributed by atoms with Gasteiger partial charge in [-0.25, -0.2) is 0 Å². The van der Waals surface area contributed by atoms with Crippen molar-refractivity contribution in [2.45, 2.75) is 19.5 Å². The fraction of sp³-hybridized carbons (Fsp3) is 0.538. The minimum absolute atomic E-state index is 0.503. The molecule has 0 radical (unpaired) electrons. The molecule has 1 aromatic rings. The summed E-state index contributed by atoms with van der Waals surface area (Å²) in [6, 6.07) is 6.54. The van der Waals surface area contributed by atoms with Crippen LogP contribution in [0.2, 0.25) is 0 Å². The largest absolute Gasteiger partial charge is 0.493 e. The van der Waals surface area contributed by atoms with E-state index in [9.17, 15) is 0 Å². The lowest BCUT2D eigenvalue weighted by atomic mass is 10.1. The second-order valence-corrected chi connectivity index (χ2v) is 4.76. The Balaban J connectivity index is 2.78. The molecule has 0 saturated carbocycles. The van der Waals surface area contributed by atoms with Crippen LogP contribution in [-0.4, -0.2) is 37.5 Å². The van der Waals surface area contributed by atoms with Gasteiger partial charge in [0.05, 0.1) is 14.2 Å². The summed E-state index contributed by atoms with van der Waals surface area (Å²) < 4.78 is 10.5. The fourth-order valence-electron chi connectivity index (χ4n) is 1.54. The van der Waals surface area contributed by atoms with Crippen molar-refractivity contribution >= 4 is 15.9 Å². The summed E-state index contributed by atoms with van der Waals surface area (Å²) in [6.07, 6.45) is 0. The molecule has 0 heterocycles. The molecule has 0 amide bonds. The summed E-state index contributed by atoms with van der Waals surface area (Å²) in [6.45, 7) is 3.09. The van der Waals surface area contributed by atoms with E-state index in [2.05, 4.69) is 40.9 Å². The number of nitrogens with zero attached hydrogens (tertiary/aromatic N) is 1. The molecule has 1 atom stereocenters. The van der Waals surface area contributed by atoms with E-state index in [1.165, 1.54) is 5.56 Å². The van der Waals surface area contributed by atoms with Crippen molar-refractivity contribution in [3.63, 3.8) is 0 Å². The second-order valence-electron chi connectivity index (χ2n) is 4.11. The van der Waals surface area contributed by atoms with Crippen LogP contribution in [0, 0.1) is 0 Å². The molecule has 0 fully saturated rings. The lowest BCUT2D eigenvalue weighted by molar-refractivity contribution is 0.270. The zero-order valence-corrected chi connectivity index (χ0v) is 12.5. The molecule has 3 nitrogen and oxygen atoms in total. The van der Waals surface area contributed by atoms with Crippen LogP contribution in [-0.2, 0) is 6.54 Å². The first-order chi connectivity index (χ1) is 8.12. The maximum Gasteiger partial charge on any atom is 0.161 e. The van der Waals surface area contributed by atoms with E-state index < -0.39 is 0 Å². The Morgan fingerprint density at radius 3 is 2.41 bits per heavy atom. The molecule has 0 saturated heterocycles. The molecule has 4 heteroatoms. The molecule has 0 bridgehead atoms. The van der Waals surface area contributed by atoms with Gasteiger partial charge in [-0.15, -0.1) is 0 Å². The van der Waals surface area contributed by atoms with E-state index >= 15 is 0 Å². The van der Waals surface area contributed by atoms with Crippen LogP contribution in [0.3, 0.4) is 0 Å². The number of methoxy groups -OCH3 is 2. The SMILES string of the molecule is COc1ccc(CN(C)C(C)CBr)cc1OC. The lowest BCUT2D eigenvalue weighted by Gasteiger charge is -2.23. The fourth-order valence-corrected chi connectivity index (χ4v) is 2.03. The van der Waals surface area contributed by atoms with E-state index in [1.807, 2.05) is 12.1 Å². The Morgan fingerprint density at radius 2 is 1.88 bits per heavy atom. The van der Waals surface area contributed by atoms with Crippen LogP contribution in [0.5, 0.6) is 11.5 Å². The number of halogens is 1. The predicted octanol–water partition coefficient (Wildman–Crippen LogP) is 2.92. The van der Waals surface area contributed by atoms with Crippen molar-refractivity contribution in [1.29, 1.82) is 0 Å². The number of benzene rings is 1. The van der Waals surface area contributed by atoms with E-state index in [1.54, 1.807) is 14.2 Å². The number of rotatable bonds is 6. The van der Waals surface area contributed by atoms with Crippen molar-refractivity contribution in [3.05, 3.63) is 23.8 Å². The zero-order chi connectivity index (χ0) is 12.8. The summed E-state index contributed by atoms with van der Waals surface area (Å²) in [5, 5.41) is 0.969. The highest BCUT2D eigenvalue weighted by Crippen LogP contribution is 2.28. The van der Waals surface area contributed by atoms with E-state index in [4.69, 9.17) is 9.47 Å². The maximum atomic E-state index is 5.29. The first kappa shape index (κ1) is 14.3. The molecule has 1 unspecified atom stereocenters. The van der Waals surface area contributed by atoms with Gasteiger partial charge < -0.3 is 9.47 Å². The van der Waals surface area contributed by atoms with Crippen molar-refractivity contribution < 1.29 is 9.47 Å². The third kappa shape index (κ3) is 3.89. The van der Waals surface area contributed by atoms with Gasteiger partial charge in [-0.3, -0.25) is 4.90 Å². The third-order valence-corrected chi connectivity index (χ3v) is 3.79. The van der Waals surface area contributed by atoms with Gasteiger partial charge in [0.2, 0.25) is 0 Å². The highest BCUT2D eigenvalue weighted by atomic mass is 79.9. The minimum atomic E-state index is 0.503. The normalized spacial score (nSPS) is 12.6. The van der Waals surface area contributed by atoms with Gasteiger partial charge in [-0.2, -0.15) is 0 Å². The number of ether oxygens (including phenoxy) is 2. The lowest BCUT2D eigenvalue weighted by Crippen LogP contribution is -2.29.